The largest absolute Gasteiger partial charge is 0.466 e. The second kappa shape index (κ2) is 62.9. The Labute approximate surface area is 410 Å². The first kappa shape index (κ1) is 66.0. The third kappa shape index (κ3) is 65.1. The van der Waals surface area contributed by atoms with Crippen LogP contribution in [0.2, 0.25) is 0 Å². The van der Waals surface area contributed by atoms with Gasteiger partial charge in [-0.2, -0.15) is 0 Å². The maximum absolute atomic E-state index is 11.8. The number of esters is 2. The highest BCUT2D eigenvalue weighted by Gasteiger charge is 2.04. The molecule has 390 valence electrons. The van der Waals surface area contributed by atoms with Crippen molar-refractivity contribution in [3.05, 3.63) is 0 Å². The minimum Gasteiger partial charge on any atom is -0.466 e. The predicted octanol–water partition coefficient (Wildman–Crippen LogP) is 21.8. The summed E-state index contributed by atoms with van der Waals surface area (Å²) < 4.78 is 10.8. The van der Waals surface area contributed by atoms with E-state index in [0.29, 0.717) is 26.1 Å². The van der Waals surface area contributed by atoms with Crippen LogP contribution in [0.3, 0.4) is 0 Å². The molecule has 0 radical (unpaired) electrons. The summed E-state index contributed by atoms with van der Waals surface area (Å²) in [4.78, 5) is 23.6. The first-order valence-corrected chi connectivity index (χ1v) is 30.4. The molecule has 0 saturated carbocycles. The molecule has 0 unspecified atom stereocenters. The van der Waals surface area contributed by atoms with Crippen LogP contribution in [0, 0.1) is 0 Å². The van der Waals surface area contributed by atoms with Crippen molar-refractivity contribution in [2.45, 2.75) is 368 Å². The molecular weight excluding hydrogens is 797 g/mol. The van der Waals surface area contributed by atoms with Crippen molar-refractivity contribution in [1.82, 2.24) is 0 Å². The fourth-order valence-electron chi connectivity index (χ4n) is 9.15. The predicted molar refractivity (Wildman–Crippen MR) is 289 cm³/mol. The molecule has 0 fully saturated rings. The Bertz CT molecular complexity index is 857. The van der Waals surface area contributed by atoms with Gasteiger partial charge in [-0.25, -0.2) is 0 Å². The Hall–Kier alpha value is -1.06. The van der Waals surface area contributed by atoms with Crippen molar-refractivity contribution in [3.63, 3.8) is 0 Å². The summed E-state index contributed by atoms with van der Waals surface area (Å²) in [5.74, 6) is 0.0467. The molecule has 0 bridgehead atoms. The summed E-state index contributed by atoms with van der Waals surface area (Å²) in [5.41, 5.74) is 0. The summed E-state index contributed by atoms with van der Waals surface area (Å²) in [6.07, 6.45) is 70.0. The lowest BCUT2D eigenvalue weighted by Gasteiger charge is -2.06. The van der Waals surface area contributed by atoms with Gasteiger partial charge in [-0.3, -0.25) is 9.59 Å². The first-order chi connectivity index (χ1) is 32.1. The SMILES string of the molecule is CCCCCCCCCCCCCCCCCCOC(=O)CCCCCCCCCCCC.CCCCCCCCCCCCCCCCCOC(=O)CCCCCCCCCCCC. The summed E-state index contributed by atoms with van der Waals surface area (Å²) in [5, 5.41) is 0. The molecular formula is C61H122O4. The van der Waals surface area contributed by atoms with Crippen molar-refractivity contribution in [2.75, 3.05) is 13.2 Å². The molecule has 0 aliphatic heterocycles. The van der Waals surface area contributed by atoms with Gasteiger partial charge in [0.2, 0.25) is 0 Å². The van der Waals surface area contributed by atoms with Crippen LogP contribution in [0.15, 0.2) is 0 Å². The van der Waals surface area contributed by atoms with Crippen molar-refractivity contribution in [3.8, 4) is 0 Å². The summed E-state index contributed by atoms with van der Waals surface area (Å²) in [6, 6.07) is 0. The highest BCUT2D eigenvalue weighted by molar-refractivity contribution is 5.69. The number of unbranched alkanes of at least 4 members (excludes halogenated alkanes) is 47. The van der Waals surface area contributed by atoms with Gasteiger partial charge in [0.05, 0.1) is 13.2 Å². The summed E-state index contributed by atoms with van der Waals surface area (Å²) >= 11 is 0. The van der Waals surface area contributed by atoms with Gasteiger partial charge in [-0.15, -0.1) is 0 Å². The van der Waals surface area contributed by atoms with Gasteiger partial charge >= 0.3 is 11.9 Å². The third-order valence-corrected chi connectivity index (χ3v) is 13.7. The first-order valence-electron chi connectivity index (χ1n) is 30.4. The zero-order chi connectivity index (χ0) is 47.5. The Morgan fingerprint density at radius 2 is 0.338 bits per heavy atom. The van der Waals surface area contributed by atoms with Crippen LogP contribution in [0.5, 0.6) is 0 Å². The molecule has 0 aromatic heterocycles. The second-order valence-electron chi connectivity index (χ2n) is 20.6. The standard InChI is InChI=1S/C31H62O2.C30H60O2/c1-3-5-7-9-11-13-15-16-17-18-19-20-22-24-26-28-30-33-31(32)29-27-25-23-21-14-12-10-8-6-4-2;1-3-5-7-9-11-13-15-16-17-18-19-21-23-25-27-29-32-30(31)28-26-24-22-20-14-12-10-8-6-4-2/h3-30H2,1-2H3;3-29H2,1-2H3. The van der Waals surface area contributed by atoms with E-state index in [1.54, 1.807) is 0 Å². The van der Waals surface area contributed by atoms with Crippen molar-refractivity contribution in [1.29, 1.82) is 0 Å². The molecule has 0 aliphatic carbocycles. The van der Waals surface area contributed by atoms with E-state index in [4.69, 9.17) is 9.47 Å². The van der Waals surface area contributed by atoms with E-state index in [1.807, 2.05) is 0 Å². The van der Waals surface area contributed by atoms with Crippen LogP contribution in [-0.4, -0.2) is 25.2 Å². The molecule has 0 rings (SSSR count). The quantitative estimate of drug-likeness (QED) is 0.0451. The van der Waals surface area contributed by atoms with Crippen LogP contribution in [0.25, 0.3) is 0 Å². The molecule has 0 N–H and O–H groups in total. The lowest BCUT2D eigenvalue weighted by Crippen LogP contribution is -2.05. The van der Waals surface area contributed by atoms with E-state index >= 15 is 0 Å². The summed E-state index contributed by atoms with van der Waals surface area (Å²) in [6.45, 7) is 10.4. The van der Waals surface area contributed by atoms with Gasteiger partial charge in [0.1, 0.15) is 0 Å². The second-order valence-corrected chi connectivity index (χ2v) is 20.6. The highest BCUT2D eigenvalue weighted by atomic mass is 16.5. The van der Waals surface area contributed by atoms with Gasteiger partial charge in [-0.05, 0) is 25.7 Å². The molecule has 65 heavy (non-hydrogen) atoms. The van der Waals surface area contributed by atoms with Gasteiger partial charge < -0.3 is 9.47 Å². The molecule has 0 saturated heterocycles. The van der Waals surface area contributed by atoms with Crippen molar-refractivity contribution < 1.29 is 19.1 Å². The van der Waals surface area contributed by atoms with E-state index in [2.05, 4.69) is 27.7 Å². The molecule has 0 aromatic carbocycles. The zero-order valence-electron chi connectivity index (χ0n) is 45.5. The Kier molecular flexibility index (Phi) is 63.9. The van der Waals surface area contributed by atoms with E-state index in [-0.39, 0.29) is 11.9 Å². The molecule has 0 heterocycles. The van der Waals surface area contributed by atoms with Crippen LogP contribution in [0.1, 0.15) is 368 Å². The third-order valence-electron chi connectivity index (χ3n) is 13.7. The van der Waals surface area contributed by atoms with E-state index in [1.165, 1.54) is 302 Å². The number of rotatable bonds is 55. The molecule has 0 aliphatic rings. The minimum atomic E-state index is 0.0231. The smallest absolute Gasteiger partial charge is 0.305 e. The van der Waals surface area contributed by atoms with Gasteiger partial charge in [0.15, 0.2) is 0 Å². The number of ether oxygens (including phenoxy) is 2. The molecule has 4 heteroatoms. The Balaban J connectivity index is 0. The fourth-order valence-corrected chi connectivity index (χ4v) is 9.15. The number of carbonyl (C=O) groups is 2. The van der Waals surface area contributed by atoms with Crippen LogP contribution in [-0.2, 0) is 19.1 Å². The number of carbonyl (C=O) groups excluding carboxylic acids is 2. The van der Waals surface area contributed by atoms with Crippen molar-refractivity contribution in [2.24, 2.45) is 0 Å². The normalized spacial score (nSPS) is 11.2. The van der Waals surface area contributed by atoms with Crippen LogP contribution >= 0.6 is 0 Å². The van der Waals surface area contributed by atoms with Crippen LogP contribution < -0.4 is 0 Å². The maximum atomic E-state index is 11.8. The van der Waals surface area contributed by atoms with E-state index in [0.717, 1.165) is 25.7 Å². The van der Waals surface area contributed by atoms with Gasteiger partial charge in [0.25, 0.3) is 0 Å². The van der Waals surface area contributed by atoms with E-state index in [9.17, 15) is 9.59 Å². The molecule has 0 amide bonds. The zero-order valence-corrected chi connectivity index (χ0v) is 45.5. The lowest BCUT2D eigenvalue weighted by atomic mass is 10.0. The Morgan fingerprint density at radius 1 is 0.200 bits per heavy atom. The van der Waals surface area contributed by atoms with Gasteiger partial charge in [0, 0.05) is 12.8 Å². The fraction of sp³-hybridized carbons (Fsp3) is 0.967. The summed E-state index contributed by atoms with van der Waals surface area (Å²) in [7, 11) is 0. The lowest BCUT2D eigenvalue weighted by molar-refractivity contribution is -0.144. The average Bonchev–Trinajstić information content (AvgIpc) is 3.31. The average molecular weight is 920 g/mol. The van der Waals surface area contributed by atoms with Crippen molar-refractivity contribution >= 4 is 11.9 Å². The maximum Gasteiger partial charge on any atom is 0.305 e. The molecule has 4 nitrogen and oxygen atoms in total. The molecule has 0 spiro atoms. The van der Waals surface area contributed by atoms with E-state index < -0.39 is 0 Å². The minimum absolute atomic E-state index is 0.0231. The monoisotopic (exact) mass is 919 g/mol. The number of hydrogen-bond acceptors (Lipinski definition) is 4. The molecule has 0 aromatic rings. The Morgan fingerprint density at radius 3 is 0.508 bits per heavy atom. The highest BCUT2D eigenvalue weighted by Crippen LogP contribution is 2.17. The van der Waals surface area contributed by atoms with Gasteiger partial charge in [-0.1, -0.05) is 329 Å². The van der Waals surface area contributed by atoms with Crippen LogP contribution in [0.4, 0.5) is 0 Å². The topological polar surface area (TPSA) is 52.6 Å². The number of hydrogen-bond donors (Lipinski definition) is 0. The molecule has 0 atom stereocenters.